The van der Waals surface area contributed by atoms with Crippen LogP contribution in [0.3, 0.4) is 0 Å². The molecule has 2 unspecified atom stereocenters. The van der Waals surface area contributed by atoms with Crippen molar-refractivity contribution in [3.63, 3.8) is 0 Å². The Morgan fingerprint density at radius 3 is 0.721 bits per heavy atom. The molecule has 0 aromatic rings. The standard InChI is InChI=1S/2C18H36O3.Ca/c2*1-2-3-4-5-6-7-8-9-10-11-12-13-14-15-16-17(19)18(20)21;/h2*17,19H,2-16H2,1H3,(H,20,21);/q;;+2/p-2. The van der Waals surface area contributed by atoms with E-state index in [1.807, 2.05) is 0 Å². The van der Waals surface area contributed by atoms with Gasteiger partial charge in [-0.1, -0.05) is 194 Å². The van der Waals surface area contributed by atoms with Crippen LogP contribution in [0.25, 0.3) is 0 Å². The number of rotatable bonds is 32. The summed E-state index contributed by atoms with van der Waals surface area (Å²) in [6.45, 7) is 4.51. The van der Waals surface area contributed by atoms with E-state index < -0.39 is 24.1 Å². The van der Waals surface area contributed by atoms with Gasteiger partial charge in [0.2, 0.25) is 0 Å². The zero-order valence-corrected chi connectivity index (χ0v) is 30.8. The fourth-order valence-corrected chi connectivity index (χ4v) is 5.30. The molecule has 0 aliphatic rings. The molecule has 6 nitrogen and oxygen atoms in total. The molecule has 0 fully saturated rings. The van der Waals surface area contributed by atoms with Gasteiger partial charge in [0.15, 0.2) is 0 Å². The summed E-state index contributed by atoms with van der Waals surface area (Å²) in [5.41, 5.74) is 0. The smallest absolute Gasteiger partial charge is 0.547 e. The van der Waals surface area contributed by atoms with Crippen LogP contribution in [0.1, 0.15) is 206 Å². The van der Waals surface area contributed by atoms with Gasteiger partial charge in [0, 0.05) is 0 Å². The van der Waals surface area contributed by atoms with Gasteiger partial charge < -0.3 is 30.0 Å². The quantitative estimate of drug-likeness (QED) is 0.0580. The molecule has 0 aromatic carbocycles. The number of carboxylic acid groups (broad SMARTS) is 2. The van der Waals surface area contributed by atoms with Crippen molar-refractivity contribution in [3.05, 3.63) is 0 Å². The van der Waals surface area contributed by atoms with E-state index in [0.29, 0.717) is 12.8 Å². The van der Waals surface area contributed by atoms with Crippen LogP contribution in [0.2, 0.25) is 0 Å². The van der Waals surface area contributed by atoms with Crippen molar-refractivity contribution in [1.29, 1.82) is 0 Å². The number of hydrogen-bond donors (Lipinski definition) is 2. The van der Waals surface area contributed by atoms with Crippen molar-refractivity contribution in [2.24, 2.45) is 0 Å². The second-order valence-corrected chi connectivity index (χ2v) is 12.4. The molecule has 43 heavy (non-hydrogen) atoms. The van der Waals surface area contributed by atoms with Crippen molar-refractivity contribution in [2.75, 3.05) is 0 Å². The van der Waals surface area contributed by atoms with Crippen LogP contribution < -0.4 is 10.2 Å². The van der Waals surface area contributed by atoms with Crippen molar-refractivity contribution >= 4 is 49.7 Å². The monoisotopic (exact) mass is 638 g/mol. The van der Waals surface area contributed by atoms with Gasteiger partial charge >= 0.3 is 37.7 Å². The van der Waals surface area contributed by atoms with Crippen LogP contribution in [0.5, 0.6) is 0 Å². The molecule has 7 heteroatoms. The fourth-order valence-electron chi connectivity index (χ4n) is 5.30. The molecule has 2 N–H and O–H groups in total. The van der Waals surface area contributed by atoms with Crippen LogP contribution in [0.15, 0.2) is 0 Å². The Hall–Kier alpha value is 0.120. The first-order valence-electron chi connectivity index (χ1n) is 18.1. The minimum absolute atomic E-state index is 0. The summed E-state index contributed by atoms with van der Waals surface area (Å²) in [4.78, 5) is 20.6. The van der Waals surface area contributed by atoms with E-state index in [1.54, 1.807) is 0 Å². The molecule has 0 aromatic heterocycles. The van der Waals surface area contributed by atoms with Gasteiger partial charge in [-0.05, 0) is 12.8 Å². The number of hydrogen-bond acceptors (Lipinski definition) is 6. The Labute approximate surface area is 296 Å². The first-order valence-corrected chi connectivity index (χ1v) is 18.1. The van der Waals surface area contributed by atoms with Crippen LogP contribution in [-0.2, 0) is 9.59 Å². The molecular weight excluding hydrogens is 568 g/mol. The molecule has 0 amide bonds. The van der Waals surface area contributed by atoms with E-state index >= 15 is 0 Å². The molecule has 2 atom stereocenters. The number of carbonyl (C=O) groups is 2. The number of aliphatic hydroxyl groups is 2. The SMILES string of the molecule is CCCCCCCCCCCCCCCCC(O)C(=O)[O-].CCCCCCCCCCCCCCCCC(O)C(=O)[O-].[Ca+2]. The number of aliphatic hydroxyl groups excluding tert-OH is 2. The van der Waals surface area contributed by atoms with E-state index in [0.717, 1.165) is 38.5 Å². The maximum Gasteiger partial charge on any atom is 2.00 e. The summed E-state index contributed by atoms with van der Waals surface area (Å²) in [6, 6.07) is 0. The first kappa shape index (κ1) is 47.5. The molecule has 0 saturated heterocycles. The number of aliphatic carboxylic acids is 2. The van der Waals surface area contributed by atoms with Crippen molar-refractivity contribution in [3.8, 4) is 0 Å². The average Bonchev–Trinajstić information content (AvgIpc) is 2.97. The molecule has 0 radical (unpaired) electrons. The van der Waals surface area contributed by atoms with E-state index in [-0.39, 0.29) is 37.7 Å². The Morgan fingerprint density at radius 2 is 0.558 bits per heavy atom. The molecule has 0 aliphatic heterocycles. The minimum atomic E-state index is -1.34. The second kappa shape index (κ2) is 40.1. The topological polar surface area (TPSA) is 121 Å². The first-order chi connectivity index (χ1) is 20.4. The van der Waals surface area contributed by atoms with Gasteiger partial charge in [0.25, 0.3) is 0 Å². The van der Waals surface area contributed by atoms with Crippen molar-refractivity contribution in [1.82, 2.24) is 0 Å². The second-order valence-electron chi connectivity index (χ2n) is 12.4. The number of carboxylic acids is 2. The van der Waals surface area contributed by atoms with E-state index in [1.165, 1.54) is 141 Å². The van der Waals surface area contributed by atoms with Crippen LogP contribution in [-0.4, -0.2) is 72.1 Å². The summed E-state index contributed by atoms with van der Waals surface area (Å²) >= 11 is 0. The Morgan fingerprint density at radius 1 is 0.395 bits per heavy atom. The summed E-state index contributed by atoms with van der Waals surface area (Å²) < 4.78 is 0. The number of unbranched alkanes of at least 4 members (excludes halogenated alkanes) is 26. The summed E-state index contributed by atoms with van der Waals surface area (Å²) in [7, 11) is 0. The van der Waals surface area contributed by atoms with Gasteiger partial charge in [-0.3, -0.25) is 0 Å². The minimum Gasteiger partial charge on any atom is -0.547 e. The van der Waals surface area contributed by atoms with Gasteiger partial charge in [-0.15, -0.1) is 0 Å². The zero-order chi connectivity index (χ0) is 31.5. The van der Waals surface area contributed by atoms with Crippen LogP contribution in [0.4, 0.5) is 0 Å². The van der Waals surface area contributed by atoms with E-state index in [9.17, 15) is 19.8 Å². The summed E-state index contributed by atoms with van der Waals surface area (Å²) in [6.07, 6.45) is 33.9. The number of carbonyl (C=O) groups excluding carboxylic acids is 2. The Balaban J connectivity index is -0.000000727. The maximum atomic E-state index is 10.3. The molecule has 0 spiro atoms. The summed E-state index contributed by atoms with van der Waals surface area (Å²) in [5, 5.41) is 38.7. The van der Waals surface area contributed by atoms with E-state index in [2.05, 4.69) is 13.8 Å². The fraction of sp³-hybridized carbons (Fsp3) is 0.944. The Bertz CT molecular complexity index is 512. The van der Waals surface area contributed by atoms with Gasteiger partial charge in [0.05, 0.1) is 24.1 Å². The third-order valence-corrected chi connectivity index (χ3v) is 8.21. The molecule has 0 rings (SSSR count). The van der Waals surface area contributed by atoms with Crippen LogP contribution in [0, 0.1) is 0 Å². The third kappa shape index (κ3) is 42.1. The largest absolute Gasteiger partial charge is 2.00 e. The van der Waals surface area contributed by atoms with Crippen molar-refractivity contribution in [2.45, 2.75) is 219 Å². The molecule has 0 aliphatic carbocycles. The third-order valence-electron chi connectivity index (χ3n) is 8.21. The average molecular weight is 639 g/mol. The zero-order valence-electron chi connectivity index (χ0n) is 28.6. The van der Waals surface area contributed by atoms with Crippen molar-refractivity contribution < 1.29 is 30.0 Å². The van der Waals surface area contributed by atoms with Crippen LogP contribution >= 0.6 is 0 Å². The Kier molecular flexibility index (Phi) is 44.4. The maximum absolute atomic E-state index is 10.3. The predicted octanol–water partition coefficient (Wildman–Crippen LogP) is 7.56. The van der Waals surface area contributed by atoms with E-state index in [4.69, 9.17) is 10.2 Å². The van der Waals surface area contributed by atoms with Gasteiger partial charge in [-0.25, -0.2) is 0 Å². The summed E-state index contributed by atoms with van der Waals surface area (Å²) in [5.74, 6) is -2.69. The normalized spacial score (nSPS) is 12.2. The molecule has 0 saturated carbocycles. The van der Waals surface area contributed by atoms with Gasteiger partial charge in [-0.2, -0.15) is 0 Å². The van der Waals surface area contributed by atoms with Gasteiger partial charge in [0.1, 0.15) is 0 Å². The molecule has 0 heterocycles. The predicted molar refractivity (Wildman–Crippen MR) is 178 cm³/mol. The molecule has 0 bridgehead atoms. The molecular formula is C36H70CaO6. The molecule has 252 valence electrons.